The van der Waals surface area contributed by atoms with Crippen LogP contribution in [0, 0.1) is 6.57 Å². The van der Waals surface area contributed by atoms with E-state index in [0.29, 0.717) is 53.9 Å². The number of H-pyrrole nitrogens is 1. The first-order chi connectivity index (χ1) is 17.2. The predicted molar refractivity (Wildman–Crippen MR) is 131 cm³/mol. The molecule has 0 spiro atoms. The van der Waals surface area contributed by atoms with E-state index in [0.717, 1.165) is 0 Å². The van der Waals surface area contributed by atoms with Gasteiger partial charge in [-0.1, -0.05) is 0 Å². The number of nitrogens with zero attached hydrogens (tertiary/aromatic N) is 5. The highest BCUT2D eigenvalue weighted by Crippen LogP contribution is 2.37. The van der Waals surface area contributed by atoms with Gasteiger partial charge in [0.2, 0.25) is 16.6 Å². The van der Waals surface area contributed by atoms with Crippen LogP contribution in [0.2, 0.25) is 0 Å². The van der Waals surface area contributed by atoms with E-state index in [1.807, 2.05) is 0 Å². The topological polar surface area (TPSA) is 134 Å². The fraction of sp³-hybridized carbons (Fsp3) is 0.391. The third kappa shape index (κ3) is 3.69. The zero-order valence-electron chi connectivity index (χ0n) is 19.8. The quantitative estimate of drug-likeness (QED) is 0.512. The Bertz CT molecular complexity index is 1560. The normalized spacial score (nSPS) is 18.5. The number of ether oxygens (including phenoxy) is 1. The molecule has 0 bridgehead atoms. The lowest BCUT2D eigenvalue weighted by molar-refractivity contribution is 0.0835. The molecule has 0 aliphatic carbocycles. The average Bonchev–Trinajstić information content (AvgIpc) is 3.34. The third-order valence-corrected chi connectivity index (χ3v) is 8.86. The summed E-state index contributed by atoms with van der Waals surface area (Å²) in [5, 5.41) is 8.29. The van der Waals surface area contributed by atoms with Crippen molar-refractivity contribution in [3.63, 3.8) is 0 Å². The first-order valence-corrected chi connectivity index (χ1v) is 12.8. The number of methoxy groups -OCH3 is 1. The van der Waals surface area contributed by atoms with Crippen LogP contribution in [0.4, 0.5) is 16.3 Å². The second kappa shape index (κ2) is 8.65. The summed E-state index contributed by atoms with van der Waals surface area (Å²) >= 11 is 0. The van der Waals surface area contributed by atoms with E-state index in [-0.39, 0.29) is 23.5 Å². The number of carbonyl (C=O) groups is 1. The van der Waals surface area contributed by atoms with Gasteiger partial charge in [0, 0.05) is 38.6 Å². The standard InChI is InChI=1S/C23H25N7O5S/c1-24-14-23(7-10-29(11-8-23)22(32)35-3)30-17-6-9-25-21(31)19(17)20(27-30)26-16-4-5-18-15(12-16)13-28(2)36(18,33)34/h4-6,9,12H,7-8,10-11,13-14H2,2-3H3,(H,25,31)(H,26,27). The Balaban J connectivity index is 1.56. The van der Waals surface area contributed by atoms with Crippen LogP contribution in [0.5, 0.6) is 0 Å². The number of rotatable bonds is 4. The van der Waals surface area contributed by atoms with Crippen LogP contribution in [0.15, 0.2) is 40.2 Å². The lowest BCUT2D eigenvalue weighted by Crippen LogP contribution is -2.50. The highest BCUT2D eigenvalue weighted by atomic mass is 32.2. The van der Waals surface area contributed by atoms with Crippen molar-refractivity contribution in [2.45, 2.75) is 29.8 Å². The van der Waals surface area contributed by atoms with Crippen molar-refractivity contribution in [1.82, 2.24) is 24.0 Å². The van der Waals surface area contributed by atoms with Gasteiger partial charge in [-0.3, -0.25) is 4.79 Å². The second-order valence-corrected chi connectivity index (χ2v) is 11.0. The van der Waals surface area contributed by atoms with Crippen molar-refractivity contribution in [3.05, 3.63) is 57.8 Å². The van der Waals surface area contributed by atoms with Crippen LogP contribution in [0.25, 0.3) is 15.7 Å². The van der Waals surface area contributed by atoms with Crippen molar-refractivity contribution < 1.29 is 17.9 Å². The smallest absolute Gasteiger partial charge is 0.409 e. The number of piperidine rings is 1. The highest BCUT2D eigenvalue weighted by Gasteiger charge is 2.43. The van der Waals surface area contributed by atoms with Gasteiger partial charge < -0.3 is 24.8 Å². The summed E-state index contributed by atoms with van der Waals surface area (Å²) in [4.78, 5) is 33.1. The molecule has 4 heterocycles. The summed E-state index contributed by atoms with van der Waals surface area (Å²) in [7, 11) is -0.626. The minimum atomic E-state index is -3.49. The van der Waals surface area contributed by atoms with Crippen LogP contribution < -0.4 is 10.9 Å². The van der Waals surface area contributed by atoms with Crippen LogP contribution in [-0.4, -0.2) is 72.3 Å². The molecule has 36 heavy (non-hydrogen) atoms. The van der Waals surface area contributed by atoms with Gasteiger partial charge in [0.25, 0.3) is 5.56 Å². The minimum absolute atomic E-state index is 0.133. The molecule has 2 aromatic heterocycles. The molecule has 13 heteroatoms. The average molecular weight is 512 g/mol. The van der Waals surface area contributed by atoms with Gasteiger partial charge in [0.05, 0.1) is 17.5 Å². The number of aromatic nitrogens is 3. The monoisotopic (exact) mass is 511 g/mol. The maximum Gasteiger partial charge on any atom is 0.409 e. The van der Waals surface area contributed by atoms with Crippen LogP contribution in [-0.2, 0) is 26.8 Å². The summed E-state index contributed by atoms with van der Waals surface area (Å²) in [6.07, 6.45) is 2.06. The number of likely N-dealkylation sites (tertiary alicyclic amines) is 1. The third-order valence-electron chi connectivity index (χ3n) is 6.96. The fourth-order valence-corrected chi connectivity index (χ4v) is 6.35. The summed E-state index contributed by atoms with van der Waals surface area (Å²) in [6, 6.07) is 6.67. The maximum atomic E-state index is 12.9. The number of pyridine rings is 1. The van der Waals surface area contributed by atoms with Gasteiger partial charge in [-0.05, 0) is 42.7 Å². The Morgan fingerprint density at radius 3 is 2.75 bits per heavy atom. The molecule has 0 unspecified atom stereocenters. The summed E-state index contributed by atoms with van der Waals surface area (Å²) < 4.78 is 32.7. The molecule has 1 amide bonds. The van der Waals surface area contributed by atoms with E-state index in [9.17, 15) is 18.0 Å². The molecule has 188 valence electrons. The lowest BCUT2D eigenvalue weighted by atomic mass is 9.87. The molecule has 0 saturated carbocycles. The molecule has 2 aliphatic heterocycles. The zero-order valence-corrected chi connectivity index (χ0v) is 20.6. The molecule has 2 aliphatic rings. The number of sulfonamides is 1. The largest absolute Gasteiger partial charge is 0.453 e. The number of fused-ring (bicyclic) bond motifs is 2. The van der Waals surface area contributed by atoms with Gasteiger partial charge >= 0.3 is 6.09 Å². The molecule has 1 saturated heterocycles. The number of nitrogens with one attached hydrogen (secondary N) is 2. The molecular formula is C23H25N7O5S. The molecule has 3 aromatic rings. The van der Waals surface area contributed by atoms with Crippen LogP contribution in [0.3, 0.4) is 0 Å². The van der Waals surface area contributed by atoms with Crippen LogP contribution >= 0.6 is 0 Å². The Morgan fingerprint density at radius 1 is 1.31 bits per heavy atom. The lowest BCUT2D eigenvalue weighted by Gasteiger charge is -2.38. The summed E-state index contributed by atoms with van der Waals surface area (Å²) in [5.74, 6) is 0.306. The first kappa shape index (κ1) is 23.8. The van der Waals surface area contributed by atoms with E-state index in [2.05, 4.69) is 15.1 Å². The van der Waals surface area contributed by atoms with Gasteiger partial charge in [-0.2, -0.15) is 9.40 Å². The molecule has 2 N–H and O–H groups in total. The van der Waals surface area contributed by atoms with E-state index in [1.54, 1.807) is 33.8 Å². The van der Waals surface area contributed by atoms with Crippen molar-refractivity contribution in [2.75, 3.05) is 39.1 Å². The van der Waals surface area contributed by atoms with Crippen LogP contribution in [0.1, 0.15) is 18.4 Å². The fourth-order valence-electron chi connectivity index (χ4n) is 5.01. The van der Waals surface area contributed by atoms with Crippen molar-refractivity contribution in [1.29, 1.82) is 0 Å². The molecule has 0 radical (unpaired) electrons. The highest BCUT2D eigenvalue weighted by molar-refractivity contribution is 7.89. The summed E-state index contributed by atoms with van der Waals surface area (Å²) in [5.41, 5.74) is 0.760. The Morgan fingerprint density at radius 2 is 2.06 bits per heavy atom. The van der Waals surface area contributed by atoms with E-state index < -0.39 is 21.7 Å². The number of hydrogen-bond donors (Lipinski definition) is 2. The number of hydrogen-bond acceptors (Lipinski definition) is 7. The molecule has 5 rings (SSSR count). The second-order valence-electron chi connectivity index (χ2n) is 9.03. The number of aromatic amines is 1. The molecule has 12 nitrogen and oxygen atoms in total. The van der Waals surface area contributed by atoms with Crippen molar-refractivity contribution >= 4 is 38.5 Å². The zero-order chi connectivity index (χ0) is 25.7. The van der Waals surface area contributed by atoms with Crippen molar-refractivity contribution in [3.8, 4) is 0 Å². The Hall–Kier alpha value is -3.89. The first-order valence-electron chi connectivity index (χ1n) is 11.3. The predicted octanol–water partition coefficient (Wildman–Crippen LogP) is 2.08. The number of anilines is 2. The van der Waals surface area contributed by atoms with E-state index in [1.165, 1.54) is 24.7 Å². The van der Waals surface area contributed by atoms with Gasteiger partial charge in [0.15, 0.2) is 5.82 Å². The molecule has 1 fully saturated rings. The van der Waals surface area contributed by atoms with Gasteiger partial charge in [-0.15, -0.1) is 0 Å². The molecular weight excluding hydrogens is 486 g/mol. The maximum absolute atomic E-state index is 12.9. The Labute approximate surface area is 207 Å². The Kier molecular flexibility index (Phi) is 5.73. The molecule has 1 aromatic carbocycles. The van der Waals surface area contributed by atoms with E-state index in [4.69, 9.17) is 16.4 Å². The minimum Gasteiger partial charge on any atom is -0.453 e. The molecule has 0 atom stereocenters. The number of amides is 1. The van der Waals surface area contributed by atoms with E-state index >= 15 is 0 Å². The number of carbonyl (C=O) groups excluding carboxylic acids is 1. The van der Waals surface area contributed by atoms with Crippen molar-refractivity contribution in [2.24, 2.45) is 0 Å². The SMILES string of the molecule is [C-]#[N+]CC1(n2nc(Nc3ccc4c(c3)CN(C)S4(=O)=O)c3c(=O)[nH]ccc32)CCN(C(=O)OC)CC1. The van der Waals surface area contributed by atoms with Gasteiger partial charge in [0.1, 0.15) is 10.9 Å². The summed E-state index contributed by atoms with van der Waals surface area (Å²) in [6.45, 7) is 8.76. The number of benzene rings is 1. The van der Waals surface area contributed by atoms with Gasteiger partial charge in [-0.25, -0.2) is 24.5 Å².